The lowest BCUT2D eigenvalue weighted by Crippen LogP contribution is -2.30. The first kappa shape index (κ1) is 17.7. The topological polar surface area (TPSA) is 102 Å². The van der Waals surface area contributed by atoms with Crippen molar-refractivity contribution < 1.29 is 18.3 Å². The molecule has 0 heterocycles. The van der Waals surface area contributed by atoms with Crippen LogP contribution in [0.1, 0.15) is 26.2 Å². The lowest BCUT2D eigenvalue weighted by molar-refractivity contribution is 0.251. The molecule has 4 N–H and O–H groups in total. The fraction of sp³-hybridized carbons (Fsp3) is 0.571. The molecule has 6 nitrogen and oxygen atoms in total. The Morgan fingerprint density at radius 3 is 2.62 bits per heavy atom. The molecule has 120 valence electrons. The van der Waals surface area contributed by atoms with E-state index in [1.807, 2.05) is 6.92 Å². The average molecular weight is 316 g/mol. The van der Waals surface area contributed by atoms with Gasteiger partial charge in [-0.2, -0.15) is 0 Å². The molecule has 0 bridgehead atoms. The van der Waals surface area contributed by atoms with Crippen molar-refractivity contribution in [1.82, 2.24) is 4.72 Å². The molecule has 1 rings (SSSR count). The van der Waals surface area contributed by atoms with Gasteiger partial charge in [0.1, 0.15) is 5.75 Å². The Hall–Kier alpha value is -1.31. The van der Waals surface area contributed by atoms with Crippen LogP contribution in [0, 0.1) is 5.92 Å². The van der Waals surface area contributed by atoms with E-state index in [-0.39, 0.29) is 23.1 Å². The maximum absolute atomic E-state index is 12.2. The number of ether oxygens (including phenoxy) is 1. The van der Waals surface area contributed by atoms with E-state index in [1.54, 1.807) is 0 Å². The van der Waals surface area contributed by atoms with Crippen LogP contribution in [0.5, 0.6) is 5.75 Å². The molecular weight excluding hydrogens is 292 g/mol. The minimum absolute atomic E-state index is 0.0574. The van der Waals surface area contributed by atoms with Crippen LogP contribution in [-0.2, 0) is 10.0 Å². The highest BCUT2D eigenvalue weighted by molar-refractivity contribution is 7.89. The van der Waals surface area contributed by atoms with Crippen LogP contribution in [-0.4, -0.2) is 33.8 Å². The van der Waals surface area contributed by atoms with Gasteiger partial charge in [0.15, 0.2) is 0 Å². The number of methoxy groups -OCH3 is 1. The van der Waals surface area contributed by atoms with Crippen LogP contribution >= 0.6 is 0 Å². The average Bonchev–Trinajstić information content (AvgIpc) is 2.45. The van der Waals surface area contributed by atoms with Gasteiger partial charge in [0.2, 0.25) is 10.0 Å². The molecule has 7 heteroatoms. The summed E-state index contributed by atoms with van der Waals surface area (Å²) < 4.78 is 32.0. The maximum Gasteiger partial charge on any atom is 0.240 e. The van der Waals surface area contributed by atoms with Gasteiger partial charge in [-0.25, -0.2) is 13.1 Å². The predicted octanol–water partition coefficient (Wildman–Crippen LogP) is 1.35. The van der Waals surface area contributed by atoms with Crippen molar-refractivity contribution in [2.24, 2.45) is 5.92 Å². The third kappa shape index (κ3) is 5.18. The number of hydrogen-bond acceptors (Lipinski definition) is 5. The van der Waals surface area contributed by atoms with Crippen LogP contribution in [0.3, 0.4) is 0 Å². The van der Waals surface area contributed by atoms with Crippen molar-refractivity contribution in [1.29, 1.82) is 0 Å². The maximum atomic E-state index is 12.2. The Bertz CT molecular complexity index is 540. The van der Waals surface area contributed by atoms with E-state index < -0.39 is 10.0 Å². The summed E-state index contributed by atoms with van der Waals surface area (Å²) in [5.74, 6) is 0.573. The van der Waals surface area contributed by atoms with Crippen molar-refractivity contribution in [2.45, 2.75) is 31.1 Å². The van der Waals surface area contributed by atoms with Crippen molar-refractivity contribution in [3.05, 3.63) is 18.2 Å². The fourth-order valence-electron chi connectivity index (χ4n) is 2.13. The highest BCUT2D eigenvalue weighted by Gasteiger charge is 2.17. The molecule has 0 aromatic heterocycles. The van der Waals surface area contributed by atoms with E-state index >= 15 is 0 Å². The minimum Gasteiger partial charge on any atom is -0.495 e. The molecule has 0 spiro atoms. The summed E-state index contributed by atoms with van der Waals surface area (Å²) in [6.07, 6.45) is 2.40. The largest absolute Gasteiger partial charge is 0.495 e. The molecule has 0 amide bonds. The molecule has 0 aliphatic rings. The minimum atomic E-state index is -3.61. The third-order valence-electron chi connectivity index (χ3n) is 3.31. The SMILES string of the molecule is CCCC(CCO)CNS(=O)(=O)c1ccc(OC)c(N)c1. The number of nitrogens with two attached hydrogens (primary N) is 1. The summed E-state index contributed by atoms with van der Waals surface area (Å²) in [7, 11) is -2.13. The van der Waals surface area contributed by atoms with E-state index in [9.17, 15) is 8.42 Å². The molecular formula is C14H24N2O4S. The van der Waals surface area contributed by atoms with Crippen LogP contribution in [0.2, 0.25) is 0 Å². The van der Waals surface area contributed by atoms with E-state index in [2.05, 4.69) is 4.72 Å². The molecule has 0 fully saturated rings. The molecule has 0 saturated heterocycles. The summed E-state index contributed by atoms with van der Waals surface area (Å²) >= 11 is 0. The molecule has 0 aliphatic heterocycles. The standard InChI is InChI=1S/C14H24N2O4S/c1-3-4-11(7-8-17)10-16-21(18,19)12-5-6-14(20-2)13(15)9-12/h5-6,9,11,16-17H,3-4,7-8,10,15H2,1-2H3. The normalized spacial score (nSPS) is 13.1. The lowest BCUT2D eigenvalue weighted by Gasteiger charge is -2.16. The van der Waals surface area contributed by atoms with Crippen molar-refractivity contribution in [3.8, 4) is 5.75 Å². The van der Waals surface area contributed by atoms with Crippen molar-refractivity contribution in [2.75, 3.05) is 26.0 Å². The van der Waals surface area contributed by atoms with Gasteiger partial charge in [-0.05, 0) is 37.0 Å². The van der Waals surface area contributed by atoms with E-state index in [0.29, 0.717) is 18.7 Å². The second-order valence-corrected chi connectivity index (χ2v) is 6.69. The number of benzene rings is 1. The van der Waals surface area contributed by atoms with Crippen LogP contribution < -0.4 is 15.2 Å². The van der Waals surface area contributed by atoms with Crippen molar-refractivity contribution >= 4 is 15.7 Å². The van der Waals surface area contributed by atoms with Gasteiger partial charge in [-0.1, -0.05) is 13.3 Å². The first-order valence-corrected chi connectivity index (χ1v) is 8.47. The molecule has 1 aromatic carbocycles. The summed E-state index contributed by atoms with van der Waals surface area (Å²) in [4.78, 5) is 0.111. The molecule has 21 heavy (non-hydrogen) atoms. The van der Waals surface area contributed by atoms with Crippen LogP contribution in [0.4, 0.5) is 5.69 Å². The van der Waals surface area contributed by atoms with Gasteiger partial charge in [0.05, 0.1) is 17.7 Å². The second-order valence-electron chi connectivity index (χ2n) is 4.92. The second kappa shape index (κ2) is 8.21. The predicted molar refractivity (Wildman–Crippen MR) is 82.7 cm³/mol. The molecule has 0 radical (unpaired) electrons. The van der Waals surface area contributed by atoms with E-state index in [4.69, 9.17) is 15.6 Å². The van der Waals surface area contributed by atoms with Gasteiger partial charge in [-0.3, -0.25) is 0 Å². The first-order chi connectivity index (χ1) is 9.94. The van der Waals surface area contributed by atoms with Gasteiger partial charge in [-0.15, -0.1) is 0 Å². The zero-order valence-corrected chi connectivity index (χ0v) is 13.3. The van der Waals surface area contributed by atoms with Gasteiger partial charge in [0, 0.05) is 13.2 Å². The number of nitrogen functional groups attached to an aromatic ring is 1. The quantitative estimate of drug-likeness (QED) is 0.597. The van der Waals surface area contributed by atoms with Gasteiger partial charge < -0.3 is 15.6 Å². The Labute approximate surface area is 126 Å². The fourth-order valence-corrected chi connectivity index (χ4v) is 3.28. The number of anilines is 1. The Kier molecular flexibility index (Phi) is 6.94. The highest BCUT2D eigenvalue weighted by Crippen LogP contribution is 2.24. The first-order valence-electron chi connectivity index (χ1n) is 6.98. The number of aliphatic hydroxyl groups excluding tert-OH is 1. The smallest absolute Gasteiger partial charge is 0.240 e. The molecule has 1 atom stereocenters. The number of aliphatic hydroxyl groups is 1. The zero-order chi connectivity index (χ0) is 15.9. The molecule has 1 aromatic rings. The summed E-state index contributed by atoms with van der Waals surface area (Å²) in [5.41, 5.74) is 6.01. The van der Waals surface area contributed by atoms with Crippen molar-refractivity contribution in [3.63, 3.8) is 0 Å². The monoisotopic (exact) mass is 316 g/mol. The Balaban J connectivity index is 2.79. The van der Waals surface area contributed by atoms with Crippen LogP contribution in [0.15, 0.2) is 23.1 Å². The lowest BCUT2D eigenvalue weighted by atomic mass is 10.0. The highest BCUT2D eigenvalue weighted by atomic mass is 32.2. The van der Waals surface area contributed by atoms with Gasteiger partial charge >= 0.3 is 0 Å². The molecule has 0 aliphatic carbocycles. The summed E-state index contributed by atoms with van der Waals surface area (Å²) in [6, 6.07) is 4.36. The zero-order valence-electron chi connectivity index (χ0n) is 12.5. The number of rotatable bonds is 9. The Morgan fingerprint density at radius 2 is 2.10 bits per heavy atom. The molecule has 0 saturated carbocycles. The van der Waals surface area contributed by atoms with E-state index in [1.165, 1.54) is 25.3 Å². The number of sulfonamides is 1. The summed E-state index contributed by atoms with van der Waals surface area (Å²) in [6.45, 7) is 2.40. The number of nitrogens with one attached hydrogen (secondary N) is 1. The van der Waals surface area contributed by atoms with Crippen LogP contribution in [0.25, 0.3) is 0 Å². The van der Waals surface area contributed by atoms with E-state index in [0.717, 1.165) is 12.8 Å². The number of hydrogen-bond donors (Lipinski definition) is 3. The third-order valence-corrected chi connectivity index (χ3v) is 4.73. The van der Waals surface area contributed by atoms with Gasteiger partial charge in [0.25, 0.3) is 0 Å². The molecule has 1 unspecified atom stereocenters. The summed E-state index contributed by atoms with van der Waals surface area (Å²) in [5, 5.41) is 9.00. The Morgan fingerprint density at radius 1 is 1.38 bits per heavy atom.